The van der Waals surface area contributed by atoms with Crippen LogP contribution in [0.25, 0.3) is 22.1 Å². The predicted octanol–water partition coefficient (Wildman–Crippen LogP) is 3.68. The summed E-state index contributed by atoms with van der Waals surface area (Å²) in [5.41, 5.74) is -0.404. The van der Waals surface area contributed by atoms with Crippen molar-refractivity contribution in [3.05, 3.63) is 64.5 Å². The van der Waals surface area contributed by atoms with Crippen molar-refractivity contribution >= 4 is 16.9 Å². The van der Waals surface area contributed by atoms with Gasteiger partial charge in [-0.3, -0.25) is 0 Å². The molecule has 0 fully saturated rings. The molecule has 3 aromatic rings. The van der Waals surface area contributed by atoms with E-state index in [1.165, 1.54) is 12.1 Å². The molecule has 0 aliphatic heterocycles. The van der Waals surface area contributed by atoms with Crippen molar-refractivity contribution < 1.29 is 27.5 Å². The average Bonchev–Trinajstić information content (AvgIpc) is 2.58. The number of rotatable bonds is 5. The van der Waals surface area contributed by atoms with E-state index in [9.17, 15) is 18.4 Å². The summed E-state index contributed by atoms with van der Waals surface area (Å²) >= 11 is 0. The summed E-state index contributed by atoms with van der Waals surface area (Å²) in [5, 5.41) is 0.535. The predicted molar refractivity (Wildman–Crippen MR) is 90.0 cm³/mol. The third kappa shape index (κ3) is 3.88. The lowest BCUT2D eigenvalue weighted by molar-refractivity contribution is -0.145. The van der Waals surface area contributed by atoms with Crippen LogP contribution in [0.15, 0.2) is 51.7 Å². The summed E-state index contributed by atoms with van der Waals surface area (Å²) in [4.78, 5) is 23.5. The monoisotopic (exact) mass is 360 g/mol. The van der Waals surface area contributed by atoms with Crippen molar-refractivity contribution in [2.45, 2.75) is 6.92 Å². The van der Waals surface area contributed by atoms with E-state index in [2.05, 4.69) is 0 Å². The van der Waals surface area contributed by atoms with E-state index in [1.807, 2.05) is 0 Å². The summed E-state index contributed by atoms with van der Waals surface area (Å²) in [5.74, 6) is -1.78. The lowest BCUT2D eigenvalue weighted by atomic mass is 10.1. The van der Waals surface area contributed by atoms with Gasteiger partial charge >= 0.3 is 11.6 Å². The third-order valence-electron chi connectivity index (χ3n) is 3.54. The van der Waals surface area contributed by atoms with Gasteiger partial charge in [0.15, 0.2) is 6.61 Å². The van der Waals surface area contributed by atoms with Crippen molar-refractivity contribution in [3.8, 4) is 16.9 Å². The van der Waals surface area contributed by atoms with Crippen molar-refractivity contribution in [1.82, 2.24) is 0 Å². The average molecular weight is 360 g/mol. The number of hydrogen-bond acceptors (Lipinski definition) is 5. The van der Waals surface area contributed by atoms with Crippen molar-refractivity contribution in [3.63, 3.8) is 0 Å². The molecule has 7 heteroatoms. The third-order valence-corrected chi connectivity index (χ3v) is 3.54. The first-order chi connectivity index (χ1) is 12.5. The first-order valence-electron chi connectivity index (χ1n) is 7.79. The van der Waals surface area contributed by atoms with Gasteiger partial charge in [0.2, 0.25) is 0 Å². The highest BCUT2D eigenvalue weighted by molar-refractivity contribution is 5.83. The van der Waals surface area contributed by atoms with Crippen LogP contribution in [0.4, 0.5) is 8.78 Å². The Labute approximate surface area is 146 Å². The number of ether oxygens (including phenoxy) is 2. The van der Waals surface area contributed by atoms with Crippen molar-refractivity contribution in [1.29, 1.82) is 0 Å². The molecule has 3 rings (SSSR count). The molecule has 0 aliphatic rings. The standard InChI is InChI=1S/C19H14F2O5/c1-2-24-18(22)10-25-15-4-3-11-7-16(19(23)26-17(11)9-15)12-5-13(20)8-14(21)6-12/h3-9H,2,10H2,1H3. The fraction of sp³-hybridized carbons (Fsp3) is 0.158. The maximum absolute atomic E-state index is 13.4. The molecule has 5 nitrogen and oxygen atoms in total. The number of benzene rings is 2. The second-order valence-corrected chi connectivity index (χ2v) is 5.40. The maximum Gasteiger partial charge on any atom is 0.344 e. The number of carbonyl (C=O) groups excluding carboxylic acids is 1. The van der Waals surface area contributed by atoms with Crippen LogP contribution in [0.1, 0.15) is 6.92 Å². The number of carbonyl (C=O) groups is 1. The van der Waals surface area contributed by atoms with E-state index in [0.717, 1.165) is 18.2 Å². The molecular formula is C19H14F2O5. The molecule has 0 amide bonds. The van der Waals surface area contributed by atoms with Gasteiger partial charge in [-0.1, -0.05) is 0 Å². The molecule has 0 atom stereocenters. The molecule has 2 aromatic carbocycles. The van der Waals surface area contributed by atoms with Gasteiger partial charge in [-0.05, 0) is 42.8 Å². The molecule has 0 saturated carbocycles. The highest BCUT2D eigenvalue weighted by atomic mass is 19.1. The lowest BCUT2D eigenvalue weighted by Gasteiger charge is -2.07. The van der Waals surface area contributed by atoms with Gasteiger partial charge in [0.05, 0.1) is 12.2 Å². The van der Waals surface area contributed by atoms with Gasteiger partial charge in [0.25, 0.3) is 0 Å². The molecule has 134 valence electrons. The van der Waals surface area contributed by atoms with Gasteiger partial charge < -0.3 is 13.9 Å². The molecule has 0 bridgehead atoms. The van der Waals surface area contributed by atoms with E-state index in [0.29, 0.717) is 11.1 Å². The minimum Gasteiger partial charge on any atom is -0.482 e. The normalized spacial score (nSPS) is 10.7. The fourth-order valence-electron chi connectivity index (χ4n) is 2.44. The van der Waals surface area contributed by atoms with E-state index in [1.54, 1.807) is 19.1 Å². The van der Waals surface area contributed by atoms with Crippen LogP contribution in [0.3, 0.4) is 0 Å². The second kappa shape index (κ2) is 7.35. The lowest BCUT2D eigenvalue weighted by Crippen LogP contribution is -2.14. The first-order valence-corrected chi connectivity index (χ1v) is 7.79. The maximum atomic E-state index is 13.4. The molecule has 0 spiro atoms. The van der Waals surface area contributed by atoms with Crippen molar-refractivity contribution in [2.24, 2.45) is 0 Å². The summed E-state index contributed by atoms with van der Waals surface area (Å²) in [6.07, 6.45) is 0. The van der Waals surface area contributed by atoms with Crippen LogP contribution in [-0.2, 0) is 9.53 Å². The summed E-state index contributed by atoms with van der Waals surface area (Å²) < 4.78 is 42.0. The largest absolute Gasteiger partial charge is 0.482 e. The van der Waals surface area contributed by atoms with E-state index in [4.69, 9.17) is 13.9 Å². The Morgan fingerprint density at radius 1 is 1.08 bits per heavy atom. The van der Waals surface area contributed by atoms with Crippen LogP contribution < -0.4 is 10.4 Å². The molecule has 0 saturated heterocycles. The second-order valence-electron chi connectivity index (χ2n) is 5.40. The smallest absolute Gasteiger partial charge is 0.344 e. The molecular weight excluding hydrogens is 346 g/mol. The van der Waals surface area contributed by atoms with Gasteiger partial charge in [0.1, 0.15) is 23.0 Å². The van der Waals surface area contributed by atoms with Crippen LogP contribution in [0.5, 0.6) is 5.75 Å². The van der Waals surface area contributed by atoms with Crippen LogP contribution in [-0.4, -0.2) is 19.2 Å². The Morgan fingerprint density at radius 3 is 2.50 bits per heavy atom. The van der Waals surface area contributed by atoms with Crippen LogP contribution in [0.2, 0.25) is 0 Å². The van der Waals surface area contributed by atoms with Gasteiger partial charge in [0, 0.05) is 17.5 Å². The molecule has 1 heterocycles. The van der Waals surface area contributed by atoms with Crippen LogP contribution in [0, 0.1) is 11.6 Å². The van der Waals surface area contributed by atoms with Gasteiger partial charge in [-0.25, -0.2) is 18.4 Å². The Hall–Kier alpha value is -3.22. The molecule has 0 aliphatic carbocycles. The molecule has 0 radical (unpaired) electrons. The topological polar surface area (TPSA) is 65.7 Å². The van der Waals surface area contributed by atoms with E-state index >= 15 is 0 Å². The molecule has 0 N–H and O–H groups in total. The SMILES string of the molecule is CCOC(=O)COc1ccc2cc(-c3cc(F)cc(F)c3)c(=O)oc2c1. The minimum atomic E-state index is -0.790. The summed E-state index contributed by atoms with van der Waals surface area (Å²) in [7, 11) is 0. The number of esters is 1. The van der Waals surface area contributed by atoms with Crippen LogP contribution >= 0.6 is 0 Å². The first kappa shape index (κ1) is 17.6. The number of hydrogen-bond donors (Lipinski definition) is 0. The Morgan fingerprint density at radius 2 is 1.81 bits per heavy atom. The molecule has 26 heavy (non-hydrogen) atoms. The minimum absolute atomic E-state index is 0.0380. The number of halogens is 2. The quantitative estimate of drug-likeness (QED) is 0.513. The Kier molecular flexibility index (Phi) is 4.97. The van der Waals surface area contributed by atoms with E-state index in [-0.39, 0.29) is 29.9 Å². The zero-order valence-corrected chi connectivity index (χ0v) is 13.8. The fourth-order valence-corrected chi connectivity index (χ4v) is 2.44. The zero-order chi connectivity index (χ0) is 18.7. The van der Waals surface area contributed by atoms with Gasteiger partial charge in [-0.2, -0.15) is 0 Å². The van der Waals surface area contributed by atoms with Crippen molar-refractivity contribution in [2.75, 3.05) is 13.2 Å². The zero-order valence-electron chi connectivity index (χ0n) is 13.8. The summed E-state index contributed by atoms with van der Waals surface area (Å²) in [6, 6.07) is 8.95. The Balaban J connectivity index is 1.93. The highest BCUT2D eigenvalue weighted by Gasteiger charge is 2.12. The highest BCUT2D eigenvalue weighted by Crippen LogP contribution is 2.25. The molecule has 1 aromatic heterocycles. The number of fused-ring (bicyclic) bond motifs is 1. The van der Waals surface area contributed by atoms with E-state index < -0.39 is 23.2 Å². The summed E-state index contributed by atoms with van der Waals surface area (Å²) in [6.45, 7) is 1.66. The molecule has 0 unspecified atom stereocenters. The Bertz CT molecular complexity index is 1010. The van der Waals surface area contributed by atoms with Gasteiger partial charge in [-0.15, -0.1) is 0 Å².